The van der Waals surface area contributed by atoms with E-state index in [0.717, 1.165) is 111 Å². The lowest BCUT2D eigenvalue weighted by molar-refractivity contribution is 0.111. The minimum absolute atomic E-state index is 0.181. The van der Waals surface area contributed by atoms with Crippen LogP contribution in [0.15, 0.2) is 97.1 Å². The largest absolute Gasteiger partial charge is 0.508 e. The number of alkyl halides is 1. The van der Waals surface area contributed by atoms with E-state index in [-0.39, 0.29) is 5.75 Å². The zero-order valence-electron chi connectivity index (χ0n) is 40.4. The predicted molar refractivity (Wildman–Crippen MR) is 274 cm³/mol. The normalized spacial score (nSPS) is 11.7. The number of benzene rings is 4. The maximum atomic E-state index is 10.4. The Bertz CT molecular complexity index is 1640. The molecule has 5 rings (SSSR count). The predicted octanol–water partition coefficient (Wildman–Crippen LogP) is 15.6. The van der Waals surface area contributed by atoms with Gasteiger partial charge in [-0.15, -0.1) is 0 Å². The number of aldehydes is 2. The monoisotopic (exact) mass is 945 g/mol. The SMILES string of the molecule is C1CCOC1.CC(C)CCCBr.CC(C)CCCOc1ccc(/C=C/c2ccc(OCCCC(C)C)cc2)cc1.CC(C)CCCOc1ccc(C=O)cc1.O=Cc1ccc(O)cc1. The van der Waals surface area contributed by atoms with E-state index >= 15 is 0 Å². The van der Waals surface area contributed by atoms with Crippen molar-refractivity contribution in [1.29, 1.82) is 0 Å². The molecular formula is C56H81BrO7. The van der Waals surface area contributed by atoms with Crippen LogP contribution in [0.1, 0.15) is 151 Å². The van der Waals surface area contributed by atoms with E-state index in [1.165, 1.54) is 68.2 Å². The first-order valence-electron chi connectivity index (χ1n) is 23.5. The molecule has 0 atom stereocenters. The second kappa shape index (κ2) is 37.9. The maximum absolute atomic E-state index is 10.4. The second-order valence-corrected chi connectivity index (χ2v) is 18.4. The van der Waals surface area contributed by atoms with Gasteiger partial charge in [0.25, 0.3) is 0 Å². The summed E-state index contributed by atoms with van der Waals surface area (Å²) in [5.41, 5.74) is 3.60. The highest BCUT2D eigenvalue weighted by molar-refractivity contribution is 9.09. The Hall–Kier alpha value is -4.40. The Morgan fingerprint density at radius 1 is 0.484 bits per heavy atom. The lowest BCUT2D eigenvalue weighted by Crippen LogP contribution is -1.99. The summed E-state index contributed by atoms with van der Waals surface area (Å²) in [5.74, 6) is 5.98. The van der Waals surface area contributed by atoms with Crippen molar-refractivity contribution < 1.29 is 33.6 Å². The molecule has 1 heterocycles. The maximum Gasteiger partial charge on any atom is 0.150 e. The van der Waals surface area contributed by atoms with Gasteiger partial charge in [-0.1, -0.05) is 114 Å². The molecule has 4 aromatic rings. The van der Waals surface area contributed by atoms with Crippen LogP contribution >= 0.6 is 15.9 Å². The first kappa shape index (κ1) is 57.6. The Morgan fingerprint density at radius 2 is 0.781 bits per heavy atom. The molecule has 0 bridgehead atoms. The van der Waals surface area contributed by atoms with E-state index in [0.29, 0.717) is 11.1 Å². The zero-order chi connectivity index (χ0) is 47.2. The lowest BCUT2D eigenvalue weighted by Gasteiger charge is -2.08. The molecule has 1 N–H and O–H groups in total. The number of ether oxygens (including phenoxy) is 4. The van der Waals surface area contributed by atoms with E-state index < -0.39 is 0 Å². The molecule has 7 nitrogen and oxygen atoms in total. The van der Waals surface area contributed by atoms with Crippen molar-refractivity contribution in [1.82, 2.24) is 0 Å². The van der Waals surface area contributed by atoms with Crippen LogP contribution in [0.4, 0.5) is 0 Å². The number of aromatic hydroxyl groups is 1. The van der Waals surface area contributed by atoms with Crippen molar-refractivity contribution in [2.45, 2.75) is 120 Å². The molecule has 64 heavy (non-hydrogen) atoms. The molecule has 0 spiro atoms. The van der Waals surface area contributed by atoms with Crippen molar-refractivity contribution >= 4 is 40.7 Å². The number of halogens is 1. The van der Waals surface area contributed by atoms with E-state index in [1.807, 2.05) is 36.4 Å². The Balaban J connectivity index is 0.000000469. The highest BCUT2D eigenvalue weighted by Gasteiger charge is 2.00. The molecule has 0 aliphatic carbocycles. The molecule has 354 valence electrons. The highest BCUT2D eigenvalue weighted by atomic mass is 79.9. The fourth-order valence-corrected chi connectivity index (χ4v) is 6.10. The minimum atomic E-state index is 0.181. The van der Waals surface area contributed by atoms with Gasteiger partial charge in [-0.2, -0.15) is 0 Å². The molecule has 0 radical (unpaired) electrons. The van der Waals surface area contributed by atoms with Crippen LogP contribution in [0.25, 0.3) is 12.2 Å². The molecule has 0 unspecified atom stereocenters. The fourth-order valence-electron chi connectivity index (χ4n) is 5.78. The third kappa shape index (κ3) is 33.2. The van der Waals surface area contributed by atoms with Crippen LogP contribution in [0.2, 0.25) is 0 Å². The molecule has 1 aliphatic heterocycles. The number of phenols is 1. The van der Waals surface area contributed by atoms with Crippen molar-refractivity contribution in [3.05, 3.63) is 119 Å². The van der Waals surface area contributed by atoms with E-state index in [2.05, 4.69) is 108 Å². The van der Waals surface area contributed by atoms with Crippen LogP contribution in [0.3, 0.4) is 0 Å². The molecule has 1 fully saturated rings. The summed E-state index contributed by atoms with van der Waals surface area (Å²) in [5, 5.41) is 9.89. The molecular weight excluding hydrogens is 865 g/mol. The van der Waals surface area contributed by atoms with Gasteiger partial charge in [-0.25, -0.2) is 0 Å². The summed E-state index contributed by atoms with van der Waals surface area (Å²) >= 11 is 3.38. The summed E-state index contributed by atoms with van der Waals surface area (Å²) < 4.78 is 22.1. The van der Waals surface area contributed by atoms with Gasteiger partial charge in [0, 0.05) is 29.7 Å². The van der Waals surface area contributed by atoms with Gasteiger partial charge in [0.2, 0.25) is 0 Å². The summed E-state index contributed by atoms with van der Waals surface area (Å²) in [7, 11) is 0. The third-order valence-corrected chi connectivity index (χ3v) is 10.2. The highest BCUT2D eigenvalue weighted by Crippen LogP contribution is 2.18. The topological polar surface area (TPSA) is 91.3 Å². The van der Waals surface area contributed by atoms with Crippen LogP contribution in [0.5, 0.6) is 23.0 Å². The van der Waals surface area contributed by atoms with Gasteiger partial charge in [0.1, 0.15) is 35.6 Å². The van der Waals surface area contributed by atoms with Crippen LogP contribution in [0, 0.1) is 23.7 Å². The fraction of sp³-hybridized carbons (Fsp3) is 0.500. The van der Waals surface area contributed by atoms with Gasteiger partial charge in [0.05, 0.1) is 19.8 Å². The second-order valence-electron chi connectivity index (χ2n) is 17.6. The Kier molecular flexibility index (Phi) is 34.1. The van der Waals surface area contributed by atoms with Crippen molar-refractivity contribution in [3.8, 4) is 23.0 Å². The Morgan fingerprint density at radius 3 is 1.03 bits per heavy atom. The summed E-state index contributed by atoms with van der Waals surface area (Å²) in [6.45, 7) is 22.2. The molecule has 0 amide bonds. The molecule has 0 saturated carbocycles. The molecule has 1 saturated heterocycles. The summed E-state index contributed by atoms with van der Waals surface area (Å²) in [4.78, 5) is 20.4. The van der Waals surface area contributed by atoms with Gasteiger partial charge < -0.3 is 24.1 Å². The molecule has 8 heteroatoms. The van der Waals surface area contributed by atoms with Gasteiger partial charge in [-0.3, -0.25) is 9.59 Å². The lowest BCUT2D eigenvalue weighted by atomic mass is 10.1. The van der Waals surface area contributed by atoms with Crippen LogP contribution in [-0.4, -0.2) is 56.0 Å². The van der Waals surface area contributed by atoms with Crippen molar-refractivity contribution in [2.24, 2.45) is 23.7 Å². The van der Waals surface area contributed by atoms with Crippen molar-refractivity contribution in [2.75, 3.05) is 38.4 Å². The molecule has 0 aromatic heterocycles. The third-order valence-electron chi connectivity index (χ3n) is 9.60. The van der Waals surface area contributed by atoms with Gasteiger partial charge >= 0.3 is 0 Å². The van der Waals surface area contributed by atoms with E-state index in [4.69, 9.17) is 24.1 Å². The number of carbonyl (C=O) groups is 2. The molecule has 4 aromatic carbocycles. The Labute approximate surface area is 396 Å². The number of phenolic OH excluding ortho intramolecular Hbond substituents is 1. The van der Waals surface area contributed by atoms with Crippen molar-refractivity contribution in [3.63, 3.8) is 0 Å². The van der Waals surface area contributed by atoms with E-state index in [9.17, 15) is 9.59 Å². The van der Waals surface area contributed by atoms with E-state index in [1.54, 1.807) is 24.3 Å². The standard InChI is InChI=1S/C26H36O2.C13H18O2.C7H6O2.C6H13Br.C4H8O/c1-21(2)7-5-19-27-25-15-11-23(12-16-25)9-10-24-13-17-26(18-14-24)28-20-6-8-22(3)4;1-11(2)4-3-9-15-13-7-5-12(10-14)6-8-13;8-5-6-1-3-7(9)4-2-6;1-6(2)4-3-5-7;1-2-4-5-3-1/h9-18,21-22H,5-8,19-20H2,1-4H3;5-8,10-11H,3-4,9H2,1-2H3;1-5,9H;6H,3-5H2,1-2H3;1-4H2/b10-9+;;;;. The number of rotatable bonds is 22. The average Bonchev–Trinajstić information content (AvgIpc) is 3.89. The number of carbonyl (C=O) groups excluding carboxylic acids is 2. The van der Waals surface area contributed by atoms with Gasteiger partial charge in [0.15, 0.2) is 0 Å². The number of hydrogen-bond donors (Lipinski definition) is 1. The summed E-state index contributed by atoms with van der Waals surface area (Å²) in [6.07, 6.45) is 17.9. The zero-order valence-corrected chi connectivity index (χ0v) is 42.0. The number of hydrogen-bond acceptors (Lipinski definition) is 7. The quantitative estimate of drug-likeness (QED) is 0.0363. The van der Waals surface area contributed by atoms with Crippen LogP contribution in [-0.2, 0) is 4.74 Å². The minimum Gasteiger partial charge on any atom is -0.508 e. The summed E-state index contributed by atoms with van der Waals surface area (Å²) in [6, 6.07) is 29.8. The van der Waals surface area contributed by atoms with Crippen LogP contribution < -0.4 is 14.2 Å². The first-order valence-corrected chi connectivity index (χ1v) is 24.7. The molecule has 1 aliphatic rings. The average molecular weight is 946 g/mol. The first-order chi connectivity index (χ1) is 30.8. The smallest absolute Gasteiger partial charge is 0.150 e. The van der Waals surface area contributed by atoms with Gasteiger partial charge in [-0.05, 0) is 165 Å².